The summed E-state index contributed by atoms with van der Waals surface area (Å²) in [6.45, 7) is 14.1. The molecule has 1 N–H and O–H groups in total. The Kier molecular flexibility index (Phi) is 5.21. The molecule has 1 aliphatic heterocycles. The molecule has 128 valence electrons. The van der Waals surface area contributed by atoms with Gasteiger partial charge in [0, 0.05) is 10.0 Å². The van der Waals surface area contributed by atoms with E-state index >= 15 is 0 Å². The van der Waals surface area contributed by atoms with Gasteiger partial charge in [0.05, 0.1) is 16.1 Å². The lowest BCUT2D eigenvalue weighted by molar-refractivity contribution is 0.00578. The SMILES string of the molecule is CC(C)(C)NS(=O)c1ccc(B2OC(C)(C)C(C)(C)O2)cc1Br. The molecule has 1 saturated heterocycles. The lowest BCUT2D eigenvalue weighted by Gasteiger charge is -2.32. The van der Waals surface area contributed by atoms with E-state index in [-0.39, 0.29) is 16.7 Å². The highest BCUT2D eigenvalue weighted by Crippen LogP contribution is 2.36. The molecule has 0 saturated carbocycles. The third kappa shape index (κ3) is 4.26. The van der Waals surface area contributed by atoms with Gasteiger partial charge in [-0.15, -0.1) is 0 Å². The molecule has 0 spiro atoms. The Labute approximate surface area is 150 Å². The summed E-state index contributed by atoms with van der Waals surface area (Å²) < 4.78 is 28.4. The largest absolute Gasteiger partial charge is 0.494 e. The van der Waals surface area contributed by atoms with Gasteiger partial charge in [0.2, 0.25) is 0 Å². The summed E-state index contributed by atoms with van der Waals surface area (Å²) in [6.07, 6.45) is 0. The Hall–Kier alpha value is -0.205. The van der Waals surface area contributed by atoms with Crippen molar-refractivity contribution in [3.8, 4) is 0 Å². The first-order chi connectivity index (χ1) is 10.3. The van der Waals surface area contributed by atoms with Gasteiger partial charge in [-0.1, -0.05) is 6.07 Å². The van der Waals surface area contributed by atoms with Crippen LogP contribution in [-0.4, -0.2) is 28.1 Å². The van der Waals surface area contributed by atoms with Crippen molar-refractivity contribution >= 4 is 39.5 Å². The molecule has 4 nitrogen and oxygen atoms in total. The lowest BCUT2D eigenvalue weighted by Crippen LogP contribution is -2.41. The molecule has 0 aliphatic carbocycles. The van der Waals surface area contributed by atoms with Crippen LogP contribution in [0.2, 0.25) is 0 Å². The Morgan fingerprint density at radius 2 is 1.65 bits per heavy atom. The standard InChI is InChI=1S/C16H25BBrNO3S/c1-14(2,3)19-23(20)13-9-8-11(10-12(13)18)17-21-15(4,5)16(6,7)22-17/h8-10,19H,1-7H3. The fourth-order valence-corrected chi connectivity index (χ4v) is 4.06. The number of nitrogens with one attached hydrogen (secondary N) is 1. The van der Waals surface area contributed by atoms with Gasteiger partial charge in [0.15, 0.2) is 0 Å². The Bertz CT molecular complexity index is 612. The van der Waals surface area contributed by atoms with Crippen LogP contribution in [0.4, 0.5) is 0 Å². The number of hydrogen-bond donors (Lipinski definition) is 1. The van der Waals surface area contributed by atoms with E-state index in [2.05, 4.69) is 20.7 Å². The Morgan fingerprint density at radius 3 is 2.09 bits per heavy atom. The van der Waals surface area contributed by atoms with Gasteiger partial charge in [-0.25, -0.2) is 8.93 Å². The predicted octanol–water partition coefficient (Wildman–Crippen LogP) is 3.16. The van der Waals surface area contributed by atoms with Crippen LogP contribution in [0.25, 0.3) is 0 Å². The number of rotatable bonds is 3. The summed E-state index contributed by atoms with van der Waals surface area (Å²) in [7, 11) is -1.71. The van der Waals surface area contributed by atoms with Crippen LogP contribution in [0.1, 0.15) is 48.5 Å². The van der Waals surface area contributed by atoms with Crippen molar-refractivity contribution in [1.29, 1.82) is 0 Å². The van der Waals surface area contributed by atoms with Gasteiger partial charge in [-0.3, -0.25) is 0 Å². The maximum absolute atomic E-state index is 12.4. The smallest absolute Gasteiger partial charge is 0.399 e. The first kappa shape index (κ1) is 19.1. The van der Waals surface area contributed by atoms with E-state index in [9.17, 15) is 4.21 Å². The first-order valence-corrected chi connectivity index (χ1v) is 9.61. The zero-order chi connectivity index (χ0) is 17.6. The molecule has 1 aromatic rings. The molecule has 1 unspecified atom stereocenters. The highest BCUT2D eigenvalue weighted by atomic mass is 79.9. The third-order valence-electron chi connectivity index (χ3n) is 4.08. The zero-order valence-corrected chi connectivity index (χ0v) is 17.2. The Balaban J connectivity index is 2.23. The van der Waals surface area contributed by atoms with Crippen LogP contribution in [-0.2, 0) is 20.3 Å². The summed E-state index contributed by atoms with van der Waals surface area (Å²) in [5, 5.41) is 0. The van der Waals surface area contributed by atoms with Gasteiger partial charge < -0.3 is 9.31 Å². The maximum Gasteiger partial charge on any atom is 0.494 e. The molecule has 1 atom stereocenters. The van der Waals surface area contributed by atoms with Crippen molar-refractivity contribution < 1.29 is 13.5 Å². The minimum Gasteiger partial charge on any atom is -0.399 e. The van der Waals surface area contributed by atoms with E-state index in [1.165, 1.54) is 0 Å². The quantitative estimate of drug-likeness (QED) is 0.791. The Morgan fingerprint density at radius 1 is 1.13 bits per heavy atom. The van der Waals surface area contributed by atoms with Gasteiger partial charge in [-0.2, -0.15) is 0 Å². The fourth-order valence-electron chi connectivity index (χ4n) is 2.13. The van der Waals surface area contributed by atoms with Crippen LogP contribution in [0.3, 0.4) is 0 Å². The molecule has 2 rings (SSSR count). The summed E-state index contributed by atoms with van der Waals surface area (Å²) in [5.41, 5.74) is -0.0693. The third-order valence-corrected chi connectivity index (χ3v) is 6.55. The summed E-state index contributed by atoms with van der Waals surface area (Å²) in [4.78, 5) is 0.709. The predicted molar refractivity (Wildman–Crippen MR) is 99.2 cm³/mol. The van der Waals surface area contributed by atoms with Gasteiger partial charge in [-0.05, 0) is 82.0 Å². The van der Waals surface area contributed by atoms with Crippen molar-refractivity contribution in [2.75, 3.05) is 0 Å². The number of hydrogen-bond acceptors (Lipinski definition) is 3. The molecule has 1 aliphatic rings. The summed E-state index contributed by atoms with van der Waals surface area (Å²) in [6, 6.07) is 5.67. The van der Waals surface area contributed by atoms with Crippen LogP contribution in [0.5, 0.6) is 0 Å². The van der Waals surface area contributed by atoms with Crippen LogP contribution >= 0.6 is 15.9 Å². The van der Waals surface area contributed by atoms with E-state index < -0.39 is 18.1 Å². The molecule has 0 amide bonds. The van der Waals surface area contributed by atoms with E-state index in [4.69, 9.17) is 9.31 Å². The molecular weight excluding hydrogens is 377 g/mol. The highest BCUT2D eigenvalue weighted by Gasteiger charge is 2.51. The molecule has 0 radical (unpaired) electrons. The van der Waals surface area contributed by atoms with E-state index in [0.717, 1.165) is 9.94 Å². The van der Waals surface area contributed by atoms with Crippen molar-refractivity contribution in [3.63, 3.8) is 0 Å². The van der Waals surface area contributed by atoms with Gasteiger partial charge in [0.1, 0.15) is 11.0 Å². The number of halogens is 1. The minimum atomic E-state index is -1.28. The fraction of sp³-hybridized carbons (Fsp3) is 0.625. The monoisotopic (exact) mass is 401 g/mol. The molecule has 1 fully saturated rings. The second kappa shape index (κ2) is 6.26. The van der Waals surface area contributed by atoms with Crippen LogP contribution in [0.15, 0.2) is 27.6 Å². The molecule has 23 heavy (non-hydrogen) atoms. The summed E-state index contributed by atoms with van der Waals surface area (Å²) >= 11 is 3.52. The minimum absolute atomic E-state index is 0.227. The molecule has 1 aromatic carbocycles. The van der Waals surface area contributed by atoms with Crippen molar-refractivity contribution in [2.24, 2.45) is 0 Å². The summed E-state index contributed by atoms with van der Waals surface area (Å²) in [5.74, 6) is 0. The molecule has 0 aromatic heterocycles. The van der Waals surface area contributed by atoms with Crippen molar-refractivity contribution in [2.45, 2.75) is 70.1 Å². The molecule has 7 heteroatoms. The molecular formula is C16H25BBrNO3S. The average molecular weight is 402 g/mol. The van der Waals surface area contributed by atoms with E-state index in [0.29, 0.717) is 4.90 Å². The second-order valence-corrected chi connectivity index (χ2v) is 9.93. The molecule has 0 bridgehead atoms. The maximum atomic E-state index is 12.4. The lowest BCUT2D eigenvalue weighted by atomic mass is 9.79. The second-order valence-electron chi connectivity index (χ2n) is 7.90. The van der Waals surface area contributed by atoms with Crippen molar-refractivity contribution in [1.82, 2.24) is 4.72 Å². The van der Waals surface area contributed by atoms with Crippen LogP contribution in [0, 0.1) is 0 Å². The zero-order valence-electron chi connectivity index (χ0n) is 14.8. The van der Waals surface area contributed by atoms with Gasteiger partial charge >= 0.3 is 7.12 Å². The first-order valence-electron chi connectivity index (χ1n) is 7.67. The van der Waals surface area contributed by atoms with E-state index in [1.807, 2.05) is 66.7 Å². The topological polar surface area (TPSA) is 47.6 Å². The number of benzene rings is 1. The average Bonchev–Trinajstić information content (AvgIpc) is 2.56. The van der Waals surface area contributed by atoms with Gasteiger partial charge in [0.25, 0.3) is 0 Å². The normalized spacial score (nSPS) is 21.5. The molecule has 1 heterocycles. The van der Waals surface area contributed by atoms with E-state index in [1.54, 1.807) is 0 Å². The van der Waals surface area contributed by atoms with Crippen LogP contribution < -0.4 is 10.2 Å². The van der Waals surface area contributed by atoms with Crippen molar-refractivity contribution in [3.05, 3.63) is 22.7 Å². The highest BCUT2D eigenvalue weighted by molar-refractivity contribution is 9.10.